The van der Waals surface area contributed by atoms with Gasteiger partial charge in [-0.3, -0.25) is 0 Å². The van der Waals surface area contributed by atoms with Gasteiger partial charge in [-0.05, 0) is 42.6 Å². The number of nitrogens with zero attached hydrogens (tertiary/aromatic N) is 4. The topological polar surface area (TPSA) is 47.7 Å². The first kappa shape index (κ1) is 15.6. The minimum Gasteiger partial charge on any atom is -0.347 e. The zero-order chi connectivity index (χ0) is 16.9. The zero-order valence-electron chi connectivity index (χ0n) is 14.0. The van der Waals surface area contributed by atoms with E-state index in [0.717, 1.165) is 37.4 Å². The average Bonchev–Trinajstić information content (AvgIpc) is 3.30. The molecule has 25 heavy (non-hydrogen) atoms. The molecular weight excluding hydrogens is 310 g/mol. The highest BCUT2D eigenvalue weighted by atomic mass is 15.5. The molecule has 2 heterocycles. The first-order valence-corrected chi connectivity index (χ1v) is 8.61. The van der Waals surface area contributed by atoms with E-state index in [1.807, 2.05) is 36.5 Å². The second kappa shape index (κ2) is 7.32. The zero-order valence-corrected chi connectivity index (χ0v) is 14.0. The quantitative estimate of drug-likeness (QED) is 0.528. The van der Waals surface area contributed by atoms with Crippen molar-refractivity contribution >= 4 is 10.9 Å². The van der Waals surface area contributed by atoms with Crippen LogP contribution in [0.1, 0.15) is 12.1 Å². The Bertz CT molecular complexity index is 939. The van der Waals surface area contributed by atoms with Crippen LogP contribution in [-0.2, 0) is 13.1 Å². The summed E-state index contributed by atoms with van der Waals surface area (Å²) in [6.45, 7) is 2.70. The molecule has 0 spiro atoms. The Balaban J connectivity index is 1.25. The molecule has 2 aromatic heterocycles. The highest BCUT2D eigenvalue weighted by Gasteiger charge is 2.03. The summed E-state index contributed by atoms with van der Waals surface area (Å²) in [7, 11) is 0. The third-order valence-electron chi connectivity index (χ3n) is 4.27. The van der Waals surface area contributed by atoms with Crippen LogP contribution in [0.15, 0.2) is 73.1 Å². The third-order valence-corrected chi connectivity index (χ3v) is 4.27. The van der Waals surface area contributed by atoms with Gasteiger partial charge in [0.1, 0.15) is 0 Å². The fourth-order valence-electron chi connectivity index (χ4n) is 2.99. The number of fused-ring (bicyclic) bond motifs is 1. The summed E-state index contributed by atoms with van der Waals surface area (Å²) in [4.78, 5) is 1.67. The van der Waals surface area contributed by atoms with Crippen LogP contribution < -0.4 is 5.32 Å². The van der Waals surface area contributed by atoms with E-state index in [0.29, 0.717) is 0 Å². The minimum atomic E-state index is 0.735. The molecule has 5 heteroatoms. The molecule has 0 amide bonds. The van der Waals surface area contributed by atoms with Crippen LogP contribution in [0, 0.1) is 0 Å². The summed E-state index contributed by atoms with van der Waals surface area (Å²) in [6.07, 6.45) is 5.06. The molecule has 2 aromatic carbocycles. The van der Waals surface area contributed by atoms with Gasteiger partial charge in [-0.1, -0.05) is 36.4 Å². The van der Waals surface area contributed by atoms with Gasteiger partial charge in [0.15, 0.2) is 0 Å². The standard InChI is InChI=1S/C20H21N5/c1-2-8-19(9-3-1)25-22-16-18(23-25)15-21-12-6-13-24-14-11-17-7-4-5-10-20(17)24/h1-5,7-11,14,16,21H,6,12-13,15H2. The van der Waals surface area contributed by atoms with Crippen molar-refractivity contribution in [3.63, 3.8) is 0 Å². The Morgan fingerprint density at radius 2 is 1.76 bits per heavy atom. The van der Waals surface area contributed by atoms with Crippen LogP contribution in [0.2, 0.25) is 0 Å². The average molecular weight is 331 g/mol. The van der Waals surface area contributed by atoms with Gasteiger partial charge in [-0.15, -0.1) is 0 Å². The molecule has 0 aliphatic rings. The first-order chi connectivity index (χ1) is 12.4. The number of hydrogen-bond donors (Lipinski definition) is 1. The SMILES string of the molecule is c1ccc(-n2ncc(CNCCCn3ccc4ccccc43)n2)cc1. The largest absolute Gasteiger partial charge is 0.347 e. The van der Waals surface area contributed by atoms with Gasteiger partial charge in [0.25, 0.3) is 0 Å². The maximum Gasteiger partial charge on any atom is 0.0969 e. The van der Waals surface area contributed by atoms with Crippen molar-refractivity contribution in [2.75, 3.05) is 6.54 Å². The van der Waals surface area contributed by atoms with Crippen molar-refractivity contribution in [3.8, 4) is 5.69 Å². The molecule has 0 radical (unpaired) electrons. The monoisotopic (exact) mass is 331 g/mol. The molecular formula is C20H21N5. The van der Waals surface area contributed by atoms with Gasteiger partial charge in [0, 0.05) is 24.8 Å². The van der Waals surface area contributed by atoms with Crippen molar-refractivity contribution in [1.29, 1.82) is 0 Å². The van der Waals surface area contributed by atoms with Crippen LogP contribution in [0.3, 0.4) is 0 Å². The van der Waals surface area contributed by atoms with Gasteiger partial charge >= 0.3 is 0 Å². The molecule has 0 fully saturated rings. The molecule has 0 bridgehead atoms. The van der Waals surface area contributed by atoms with E-state index in [9.17, 15) is 0 Å². The summed E-state index contributed by atoms with van der Waals surface area (Å²) in [5, 5.41) is 13.6. The van der Waals surface area contributed by atoms with Crippen LogP contribution in [0.4, 0.5) is 0 Å². The molecule has 0 saturated carbocycles. The predicted octanol–water partition coefficient (Wildman–Crippen LogP) is 3.40. The fraction of sp³-hybridized carbons (Fsp3) is 0.200. The fourth-order valence-corrected chi connectivity index (χ4v) is 2.99. The van der Waals surface area contributed by atoms with E-state index in [-0.39, 0.29) is 0 Å². The predicted molar refractivity (Wildman–Crippen MR) is 99.6 cm³/mol. The normalized spacial score (nSPS) is 11.2. The summed E-state index contributed by atoms with van der Waals surface area (Å²) in [5.74, 6) is 0. The van der Waals surface area contributed by atoms with Gasteiger partial charge < -0.3 is 9.88 Å². The number of benzene rings is 2. The molecule has 0 saturated heterocycles. The van der Waals surface area contributed by atoms with E-state index in [4.69, 9.17) is 0 Å². The van der Waals surface area contributed by atoms with Crippen molar-refractivity contribution in [3.05, 3.63) is 78.8 Å². The Morgan fingerprint density at radius 3 is 2.68 bits per heavy atom. The summed E-state index contributed by atoms with van der Waals surface area (Å²) < 4.78 is 2.31. The maximum absolute atomic E-state index is 4.51. The highest BCUT2D eigenvalue weighted by molar-refractivity contribution is 5.79. The van der Waals surface area contributed by atoms with Crippen molar-refractivity contribution in [1.82, 2.24) is 24.9 Å². The van der Waals surface area contributed by atoms with Crippen LogP contribution in [0.25, 0.3) is 16.6 Å². The van der Waals surface area contributed by atoms with Crippen molar-refractivity contribution < 1.29 is 0 Å². The summed E-state index contributed by atoms with van der Waals surface area (Å²) >= 11 is 0. The van der Waals surface area contributed by atoms with Gasteiger partial charge in [0.05, 0.1) is 17.6 Å². The molecule has 5 nitrogen and oxygen atoms in total. The number of aromatic nitrogens is 4. The Kier molecular flexibility index (Phi) is 4.57. The Labute approximate surface area is 146 Å². The van der Waals surface area contributed by atoms with E-state index in [1.54, 1.807) is 4.80 Å². The molecule has 0 aliphatic heterocycles. The number of nitrogens with one attached hydrogen (secondary N) is 1. The molecule has 4 rings (SSSR count). The van der Waals surface area contributed by atoms with Crippen molar-refractivity contribution in [2.45, 2.75) is 19.5 Å². The lowest BCUT2D eigenvalue weighted by molar-refractivity contribution is 0.583. The lowest BCUT2D eigenvalue weighted by atomic mass is 10.2. The molecule has 0 unspecified atom stereocenters. The molecule has 4 aromatic rings. The number of rotatable bonds is 7. The van der Waals surface area contributed by atoms with E-state index in [1.165, 1.54) is 10.9 Å². The van der Waals surface area contributed by atoms with Gasteiger partial charge in [-0.2, -0.15) is 15.0 Å². The van der Waals surface area contributed by atoms with Gasteiger partial charge in [0.2, 0.25) is 0 Å². The van der Waals surface area contributed by atoms with Crippen LogP contribution in [-0.4, -0.2) is 26.1 Å². The third kappa shape index (κ3) is 3.61. The summed E-state index contributed by atoms with van der Waals surface area (Å²) in [6, 6.07) is 20.6. The smallest absolute Gasteiger partial charge is 0.0969 e. The summed E-state index contributed by atoms with van der Waals surface area (Å²) in [5.41, 5.74) is 3.23. The molecule has 1 N–H and O–H groups in total. The number of aryl methyl sites for hydroxylation is 1. The number of para-hydroxylation sites is 2. The Morgan fingerprint density at radius 1 is 0.920 bits per heavy atom. The van der Waals surface area contributed by atoms with Crippen LogP contribution in [0.5, 0.6) is 0 Å². The minimum absolute atomic E-state index is 0.735. The van der Waals surface area contributed by atoms with Crippen LogP contribution >= 0.6 is 0 Å². The maximum atomic E-state index is 4.51. The lowest BCUT2D eigenvalue weighted by Gasteiger charge is -2.06. The van der Waals surface area contributed by atoms with Crippen molar-refractivity contribution in [2.24, 2.45) is 0 Å². The second-order valence-corrected chi connectivity index (χ2v) is 6.06. The second-order valence-electron chi connectivity index (χ2n) is 6.06. The Hall–Kier alpha value is -2.92. The van der Waals surface area contributed by atoms with Gasteiger partial charge in [-0.25, -0.2) is 0 Å². The lowest BCUT2D eigenvalue weighted by Crippen LogP contribution is -2.17. The molecule has 0 atom stereocenters. The first-order valence-electron chi connectivity index (χ1n) is 8.61. The highest BCUT2D eigenvalue weighted by Crippen LogP contribution is 2.15. The molecule has 0 aliphatic carbocycles. The van der Waals surface area contributed by atoms with E-state index in [2.05, 4.69) is 56.6 Å². The number of hydrogen-bond acceptors (Lipinski definition) is 3. The van der Waals surface area contributed by atoms with E-state index >= 15 is 0 Å². The molecule has 126 valence electrons. The van der Waals surface area contributed by atoms with E-state index < -0.39 is 0 Å².